The minimum absolute atomic E-state index is 0. The average Bonchev–Trinajstić information content (AvgIpc) is 2.90. The quantitative estimate of drug-likeness (QED) is 0.871. The largest absolute Gasteiger partial charge is 0.355 e. The molecule has 2 N–H and O–H groups in total. The van der Waals surface area contributed by atoms with Gasteiger partial charge in [0.15, 0.2) is 0 Å². The Labute approximate surface area is 121 Å². The van der Waals surface area contributed by atoms with Crippen molar-refractivity contribution in [2.24, 2.45) is 0 Å². The normalized spacial score (nSPS) is 19.5. The van der Waals surface area contributed by atoms with E-state index in [1.165, 1.54) is 18.4 Å². The molecule has 1 fully saturated rings. The maximum atomic E-state index is 11.8. The molecule has 0 aliphatic carbocycles. The lowest BCUT2D eigenvalue weighted by atomic mass is 9.97. The molecule has 1 aromatic carbocycles. The van der Waals surface area contributed by atoms with E-state index in [1.807, 2.05) is 18.2 Å². The van der Waals surface area contributed by atoms with E-state index in [0.29, 0.717) is 12.5 Å². The Morgan fingerprint density at radius 3 is 2.79 bits per heavy atom. The second-order valence-corrected chi connectivity index (χ2v) is 5.11. The van der Waals surface area contributed by atoms with Crippen molar-refractivity contribution in [2.75, 3.05) is 13.1 Å². The van der Waals surface area contributed by atoms with Gasteiger partial charge in [-0.2, -0.15) is 0 Å². The van der Waals surface area contributed by atoms with Crippen molar-refractivity contribution >= 4 is 18.3 Å². The first-order chi connectivity index (χ1) is 8.75. The van der Waals surface area contributed by atoms with Gasteiger partial charge in [0.05, 0.1) is 0 Å². The summed E-state index contributed by atoms with van der Waals surface area (Å²) in [6.45, 7) is 3.95. The molecule has 106 valence electrons. The summed E-state index contributed by atoms with van der Waals surface area (Å²) in [5, 5.41) is 6.41. The number of nitrogens with one attached hydrogen (secondary N) is 2. The van der Waals surface area contributed by atoms with Gasteiger partial charge >= 0.3 is 0 Å². The van der Waals surface area contributed by atoms with Crippen molar-refractivity contribution in [1.29, 1.82) is 0 Å². The van der Waals surface area contributed by atoms with Gasteiger partial charge in [0.1, 0.15) is 0 Å². The van der Waals surface area contributed by atoms with Crippen LogP contribution in [0, 0.1) is 0 Å². The summed E-state index contributed by atoms with van der Waals surface area (Å²) in [6, 6.07) is 10.7. The summed E-state index contributed by atoms with van der Waals surface area (Å²) in [4.78, 5) is 11.8. The third-order valence-electron chi connectivity index (χ3n) is 3.57. The summed E-state index contributed by atoms with van der Waals surface area (Å²) in [5.74, 6) is 0.433. The summed E-state index contributed by atoms with van der Waals surface area (Å²) in [7, 11) is 0. The number of carbonyl (C=O) groups is 1. The van der Waals surface area contributed by atoms with Crippen LogP contribution in [-0.2, 0) is 4.79 Å². The molecule has 0 aromatic heterocycles. The molecule has 0 radical (unpaired) electrons. The zero-order valence-electron chi connectivity index (χ0n) is 11.4. The zero-order valence-corrected chi connectivity index (χ0v) is 12.2. The first-order valence-electron chi connectivity index (χ1n) is 6.80. The van der Waals surface area contributed by atoms with Crippen molar-refractivity contribution in [2.45, 2.75) is 38.1 Å². The number of rotatable bonds is 5. The van der Waals surface area contributed by atoms with Gasteiger partial charge in [-0.25, -0.2) is 0 Å². The fourth-order valence-corrected chi connectivity index (χ4v) is 2.42. The molecule has 1 heterocycles. The molecule has 1 aliphatic heterocycles. The van der Waals surface area contributed by atoms with Crippen LogP contribution in [0.1, 0.15) is 37.7 Å². The van der Waals surface area contributed by atoms with Crippen LogP contribution in [0.4, 0.5) is 0 Å². The Kier molecular flexibility index (Phi) is 6.89. The molecule has 1 aromatic rings. The lowest BCUT2D eigenvalue weighted by Crippen LogP contribution is -2.37. The molecule has 0 bridgehead atoms. The number of hydrogen-bond donors (Lipinski definition) is 2. The molecule has 2 unspecified atom stereocenters. The second kappa shape index (κ2) is 8.18. The van der Waals surface area contributed by atoms with Crippen molar-refractivity contribution < 1.29 is 4.79 Å². The minimum Gasteiger partial charge on any atom is -0.355 e. The highest BCUT2D eigenvalue weighted by Gasteiger charge is 2.16. The first-order valence-corrected chi connectivity index (χ1v) is 6.80. The van der Waals surface area contributed by atoms with Gasteiger partial charge in [0.2, 0.25) is 5.91 Å². The molecule has 3 nitrogen and oxygen atoms in total. The number of carbonyl (C=O) groups excluding carboxylic acids is 1. The summed E-state index contributed by atoms with van der Waals surface area (Å²) < 4.78 is 0. The third kappa shape index (κ3) is 5.21. The van der Waals surface area contributed by atoms with E-state index < -0.39 is 0 Å². The Balaban J connectivity index is 0.00000180. The van der Waals surface area contributed by atoms with Gasteiger partial charge in [0, 0.05) is 19.0 Å². The topological polar surface area (TPSA) is 41.1 Å². The van der Waals surface area contributed by atoms with Crippen LogP contribution < -0.4 is 10.6 Å². The maximum Gasteiger partial charge on any atom is 0.220 e. The molecular formula is C15H23ClN2O. The van der Waals surface area contributed by atoms with Crippen molar-refractivity contribution in [3.63, 3.8) is 0 Å². The van der Waals surface area contributed by atoms with E-state index in [2.05, 4.69) is 29.7 Å². The van der Waals surface area contributed by atoms with Crippen LogP contribution in [0.15, 0.2) is 30.3 Å². The third-order valence-corrected chi connectivity index (χ3v) is 3.57. The fourth-order valence-electron chi connectivity index (χ4n) is 2.42. The molecule has 0 spiro atoms. The molecule has 1 amide bonds. The lowest BCUT2D eigenvalue weighted by Gasteiger charge is -2.14. The van der Waals surface area contributed by atoms with Crippen LogP contribution in [0.5, 0.6) is 0 Å². The van der Waals surface area contributed by atoms with E-state index >= 15 is 0 Å². The predicted molar refractivity (Wildman–Crippen MR) is 80.8 cm³/mol. The van der Waals surface area contributed by atoms with Crippen LogP contribution in [0.3, 0.4) is 0 Å². The number of benzene rings is 1. The highest BCUT2D eigenvalue weighted by molar-refractivity contribution is 5.85. The lowest BCUT2D eigenvalue weighted by molar-refractivity contribution is -0.121. The van der Waals surface area contributed by atoms with E-state index in [0.717, 1.165) is 13.1 Å². The van der Waals surface area contributed by atoms with Gasteiger partial charge in [-0.1, -0.05) is 37.3 Å². The van der Waals surface area contributed by atoms with Crippen LogP contribution >= 0.6 is 12.4 Å². The zero-order chi connectivity index (χ0) is 12.8. The van der Waals surface area contributed by atoms with Crippen molar-refractivity contribution in [3.05, 3.63) is 35.9 Å². The van der Waals surface area contributed by atoms with Crippen LogP contribution in [0.25, 0.3) is 0 Å². The van der Waals surface area contributed by atoms with E-state index in [-0.39, 0.29) is 24.2 Å². The molecule has 2 rings (SSSR count). The molecule has 2 atom stereocenters. The summed E-state index contributed by atoms with van der Waals surface area (Å²) >= 11 is 0. The Morgan fingerprint density at radius 2 is 2.16 bits per heavy atom. The van der Waals surface area contributed by atoms with Gasteiger partial charge < -0.3 is 10.6 Å². The average molecular weight is 283 g/mol. The number of hydrogen-bond acceptors (Lipinski definition) is 2. The summed E-state index contributed by atoms with van der Waals surface area (Å²) in [5.41, 5.74) is 1.23. The smallest absolute Gasteiger partial charge is 0.220 e. The Hall–Kier alpha value is -1.06. The molecule has 1 aliphatic rings. The molecular weight excluding hydrogens is 260 g/mol. The van der Waals surface area contributed by atoms with E-state index in [9.17, 15) is 4.79 Å². The fraction of sp³-hybridized carbons (Fsp3) is 0.533. The minimum atomic E-state index is 0. The van der Waals surface area contributed by atoms with Crippen molar-refractivity contribution in [1.82, 2.24) is 10.6 Å². The van der Waals surface area contributed by atoms with Crippen molar-refractivity contribution in [3.8, 4) is 0 Å². The highest BCUT2D eigenvalue weighted by Crippen LogP contribution is 2.18. The highest BCUT2D eigenvalue weighted by atomic mass is 35.5. The molecule has 4 heteroatoms. The SMILES string of the molecule is CC(CC(=O)NCC1CCCN1)c1ccccc1.Cl. The summed E-state index contributed by atoms with van der Waals surface area (Å²) in [6.07, 6.45) is 2.96. The van der Waals surface area contributed by atoms with E-state index in [1.54, 1.807) is 0 Å². The monoisotopic (exact) mass is 282 g/mol. The standard InChI is InChI=1S/C15H22N2O.ClH/c1-12(13-6-3-2-4-7-13)10-15(18)17-11-14-8-5-9-16-14;/h2-4,6-7,12,14,16H,5,8-11H2,1H3,(H,17,18);1H. The van der Waals surface area contributed by atoms with Gasteiger partial charge in [-0.15, -0.1) is 12.4 Å². The first kappa shape index (κ1) is 16.0. The molecule has 0 saturated carbocycles. The number of amides is 1. The van der Waals surface area contributed by atoms with Gasteiger partial charge in [-0.3, -0.25) is 4.79 Å². The van der Waals surface area contributed by atoms with Crippen LogP contribution in [-0.4, -0.2) is 25.0 Å². The Morgan fingerprint density at radius 1 is 1.42 bits per heavy atom. The second-order valence-electron chi connectivity index (χ2n) is 5.11. The number of halogens is 1. The van der Waals surface area contributed by atoms with Crippen LogP contribution in [0.2, 0.25) is 0 Å². The molecule has 1 saturated heterocycles. The maximum absolute atomic E-state index is 11.8. The molecule has 19 heavy (non-hydrogen) atoms. The van der Waals surface area contributed by atoms with Gasteiger partial charge in [-0.05, 0) is 30.9 Å². The van der Waals surface area contributed by atoms with Gasteiger partial charge in [0.25, 0.3) is 0 Å². The van der Waals surface area contributed by atoms with E-state index in [4.69, 9.17) is 0 Å². The predicted octanol–water partition coefficient (Wildman–Crippen LogP) is 2.47. The Bertz CT molecular complexity index is 377.